The third kappa shape index (κ3) is 3.02. The van der Waals surface area contributed by atoms with E-state index in [0.717, 1.165) is 16.4 Å². The molecule has 0 unspecified atom stereocenters. The molecule has 0 aliphatic rings. The lowest BCUT2D eigenvalue weighted by Gasteiger charge is -2.06. The minimum absolute atomic E-state index is 0.00882. The number of hydrogen-bond acceptors (Lipinski definition) is 4. The highest BCUT2D eigenvalue weighted by Crippen LogP contribution is 2.27. The van der Waals surface area contributed by atoms with Gasteiger partial charge in [-0.2, -0.15) is 0 Å². The molecule has 0 bridgehead atoms. The van der Waals surface area contributed by atoms with Crippen LogP contribution in [0.2, 0.25) is 0 Å². The normalized spacial score (nSPS) is 10.9. The number of rotatable bonds is 4. The van der Waals surface area contributed by atoms with Crippen molar-refractivity contribution in [3.05, 3.63) is 65.5 Å². The third-order valence-corrected chi connectivity index (χ3v) is 4.16. The Morgan fingerprint density at radius 1 is 0.913 bits per heavy atom. The van der Waals surface area contributed by atoms with Gasteiger partial charge in [-0.1, -0.05) is 30.0 Å². The molecule has 0 spiro atoms. The minimum atomic E-state index is -0.644. The lowest BCUT2D eigenvalue weighted by atomic mass is 10.2. The number of benzene rings is 2. The van der Waals surface area contributed by atoms with Crippen LogP contribution in [0, 0.1) is 17.5 Å². The summed E-state index contributed by atoms with van der Waals surface area (Å²) in [5.41, 5.74) is 0.124. The monoisotopic (exact) mass is 336 g/mol. The molecule has 3 rings (SSSR count). The van der Waals surface area contributed by atoms with Crippen LogP contribution in [-0.4, -0.2) is 14.9 Å². The van der Waals surface area contributed by atoms with Gasteiger partial charge in [0.15, 0.2) is 5.82 Å². The van der Waals surface area contributed by atoms with Crippen molar-refractivity contribution >= 4 is 11.8 Å². The molecule has 1 aromatic heterocycles. The zero-order valence-electron chi connectivity index (χ0n) is 11.7. The standard InChI is InChI=1S/C15H11F3N4S/c16-11-5-2-1-4-9(11)14-20-21-15(22(14)19)23-8-10-12(17)6-3-7-13(10)18/h1-7H,8,19H2. The number of aromatic nitrogens is 3. The molecular weight excluding hydrogens is 325 g/mol. The van der Waals surface area contributed by atoms with Gasteiger partial charge in [-0.3, -0.25) is 0 Å². The quantitative estimate of drug-likeness (QED) is 0.586. The van der Waals surface area contributed by atoms with Gasteiger partial charge in [-0.25, -0.2) is 17.8 Å². The first-order valence-electron chi connectivity index (χ1n) is 6.59. The topological polar surface area (TPSA) is 56.7 Å². The van der Waals surface area contributed by atoms with Crippen LogP contribution < -0.4 is 5.84 Å². The van der Waals surface area contributed by atoms with Gasteiger partial charge in [-0.15, -0.1) is 10.2 Å². The molecule has 0 aliphatic heterocycles. The Bertz CT molecular complexity index is 830. The van der Waals surface area contributed by atoms with E-state index in [0.29, 0.717) is 0 Å². The van der Waals surface area contributed by atoms with E-state index >= 15 is 0 Å². The molecule has 2 aromatic carbocycles. The van der Waals surface area contributed by atoms with Gasteiger partial charge in [0.1, 0.15) is 17.5 Å². The molecule has 0 saturated carbocycles. The number of halogens is 3. The van der Waals surface area contributed by atoms with Crippen LogP contribution >= 0.6 is 11.8 Å². The van der Waals surface area contributed by atoms with E-state index in [9.17, 15) is 13.2 Å². The summed E-state index contributed by atoms with van der Waals surface area (Å²) in [6, 6.07) is 9.65. The first-order chi connectivity index (χ1) is 11.1. The van der Waals surface area contributed by atoms with Crippen molar-refractivity contribution in [1.82, 2.24) is 14.9 Å². The highest BCUT2D eigenvalue weighted by Gasteiger charge is 2.16. The fraction of sp³-hybridized carbons (Fsp3) is 0.0667. The average molecular weight is 336 g/mol. The van der Waals surface area contributed by atoms with Crippen LogP contribution in [-0.2, 0) is 5.75 Å². The number of nitrogens with zero attached hydrogens (tertiary/aromatic N) is 3. The van der Waals surface area contributed by atoms with Gasteiger partial charge in [-0.05, 0) is 24.3 Å². The molecule has 0 radical (unpaired) electrons. The first kappa shape index (κ1) is 15.4. The maximum absolute atomic E-state index is 13.8. The molecule has 0 atom stereocenters. The van der Waals surface area contributed by atoms with Crippen LogP contribution in [0.25, 0.3) is 11.4 Å². The van der Waals surface area contributed by atoms with Crippen molar-refractivity contribution in [3.8, 4) is 11.4 Å². The largest absolute Gasteiger partial charge is 0.335 e. The summed E-state index contributed by atoms with van der Waals surface area (Å²) >= 11 is 1.01. The molecule has 8 heteroatoms. The third-order valence-electron chi connectivity index (χ3n) is 3.19. The van der Waals surface area contributed by atoms with Crippen molar-refractivity contribution in [1.29, 1.82) is 0 Å². The van der Waals surface area contributed by atoms with Gasteiger partial charge < -0.3 is 5.84 Å². The Morgan fingerprint density at radius 2 is 1.57 bits per heavy atom. The van der Waals surface area contributed by atoms with Crippen molar-refractivity contribution < 1.29 is 13.2 Å². The van der Waals surface area contributed by atoms with Gasteiger partial charge in [0, 0.05) is 11.3 Å². The van der Waals surface area contributed by atoms with Crippen molar-refractivity contribution in [2.75, 3.05) is 5.84 Å². The van der Waals surface area contributed by atoms with Gasteiger partial charge in [0.2, 0.25) is 5.16 Å². The summed E-state index contributed by atoms with van der Waals surface area (Å²) in [5, 5.41) is 7.92. The molecule has 23 heavy (non-hydrogen) atoms. The maximum atomic E-state index is 13.8. The van der Waals surface area contributed by atoms with E-state index in [2.05, 4.69) is 10.2 Å². The zero-order chi connectivity index (χ0) is 16.4. The van der Waals surface area contributed by atoms with Gasteiger partial charge >= 0.3 is 0 Å². The lowest BCUT2D eigenvalue weighted by Crippen LogP contribution is -2.12. The summed E-state index contributed by atoms with van der Waals surface area (Å²) in [6.07, 6.45) is 0. The maximum Gasteiger partial charge on any atom is 0.210 e. The lowest BCUT2D eigenvalue weighted by molar-refractivity contribution is 0.566. The second-order valence-corrected chi connectivity index (χ2v) is 5.59. The van der Waals surface area contributed by atoms with E-state index in [4.69, 9.17) is 5.84 Å². The molecule has 0 aliphatic carbocycles. The van der Waals surface area contributed by atoms with E-state index in [-0.39, 0.29) is 27.9 Å². The highest BCUT2D eigenvalue weighted by atomic mass is 32.2. The Kier molecular flexibility index (Phi) is 4.24. The van der Waals surface area contributed by atoms with Crippen molar-refractivity contribution in [3.63, 3.8) is 0 Å². The predicted molar refractivity (Wildman–Crippen MR) is 81.5 cm³/mol. The highest BCUT2D eigenvalue weighted by molar-refractivity contribution is 7.98. The van der Waals surface area contributed by atoms with Gasteiger partial charge in [0.05, 0.1) is 5.56 Å². The molecular formula is C15H11F3N4S. The van der Waals surface area contributed by atoms with E-state index in [1.54, 1.807) is 12.1 Å². The number of nitrogen functional groups attached to an aromatic ring is 1. The molecule has 1 heterocycles. The van der Waals surface area contributed by atoms with E-state index in [1.807, 2.05) is 0 Å². The fourth-order valence-corrected chi connectivity index (χ4v) is 2.88. The molecule has 118 valence electrons. The van der Waals surface area contributed by atoms with Crippen LogP contribution in [0.1, 0.15) is 5.56 Å². The Balaban J connectivity index is 1.85. The summed E-state index contributed by atoms with van der Waals surface area (Å²) in [5.74, 6) is 4.22. The van der Waals surface area contributed by atoms with Crippen LogP contribution in [0.3, 0.4) is 0 Å². The first-order valence-corrected chi connectivity index (χ1v) is 7.57. The number of thioether (sulfide) groups is 1. The van der Waals surface area contributed by atoms with Crippen molar-refractivity contribution in [2.24, 2.45) is 0 Å². The van der Waals surface area contributed by atoms with Crippen molar-refractivity contribution in [2.45, 2.75) is 10.9 Å². The van der Waals surface area contributed by atoms with Gasteiger partial charge in [0.25, 0.3) is 0 Å². The Labute approximate surface area is 134 Å². The fourth-order valence-electron chi connectivity index (χ4n) is 2.01. The molecule has 0 amide bonds. The summed E-state index contributed by atoms with van der Waals surface area (Å²) in [7, 11) is 0. The molecule has 3 aromatic rings. The van der Waals surface area contributed by atoms with E-state index in [1.165, 1.54) is 30.3 Å². The Hall–Kier alpha value is -2.48. The number of hydrogen-bond donors (Lipinski definition) is 1. The Morgan fingerprint density at radius 3 is 2.26 bits per heavy atom. The van der Waals surface area contributed by atoms with E-state index < -0.39 is 17.5 Å². The van der Waals surface area contributed by atoms with Crippen LogP contribution in [0.4, 0.5) is 13.2 Å². The molecule has 4 nitrogen and oxygen atoms in total. The SMILES string of the molecule is Nn1c(SCc2c(F)cccc2F)nnc1-c1ccccc1F. The predicted octanol–water partition coefficient (Wildman–Crippen LogP) is 3.37. The number of nitrogens with two attached hydrogens (primary N) is 1. The summed E-state index contributed by atoms with van der Waals surface area (Å²) in [6.45, 7) is 0. The second kappa shape index (κ2) is 6.33. The molecule has 2 N–H and O–H groups in total. The summed E-state index contributed by atoms with van der Waals surface area (Å²) < 4.78 is 42.1. The summed E-state index contributed by atoms with van der Waals surface area (Å²) in [4.78, 5) is 0. The smallest absolute Gasteiger partial charge is 0.210 e. The molecule has 0 fully saturated rings. The minimum Gasteiger partial charge on any atom is -0.335 e. The van der Waals surface area contributed by atoms with Crippen LogP contribution in [0.15, 0.2) is 47.6 Å². The zero-order valence-corrected chi connectivity index (χ0v) is 12.5. The average Bonchev–Trinajstić information content (AvgIpc) is 2.88. The van der Waals surface area contributed by atoms with Crippen LogP contribution in [0.5, 0.6) is 0 Å². The molecule has 0 saturated heterocycles. The second-order valence-electron chi connectivity index (χ2n) is 4.64.